The summed E-state index contributed by atoms with van der Waals surface area (Å²) in [6.45, 7) is 12.6. The minimum atomic E-state index is 0.00120. The van der Waals surface area contributed by atoms with Crippen molar-refractivity contribution in [1.82, 2.24) is 4.90 Å². The van der Waals surface area contributed by atoms with Crippen molar-refractivity contribution in [2.75, 3.05) is 39.5 Å². The van der Waals surface area contributed by atoms with E-state index in [1.807, 2.05) is 0 Å². The highest BCUT2D eigenvalue weighted by Gasteiger charge is 2.20. The van der Waals surface area contributed by atoms with Gasteiger partial charge in [-0.05, 0) is 64.5 Å². The van der Waals surface area contributed by atoms with Crippen molar-refractivity contribution in [3.05, 3.63) is 0 Å². The Morgan fingerprint density at radius 3 is 1.33 bits per heavy atom. The fourth-order valence-corrected chi connectivity index (χ4v) is 5.58. The van der Waals surface area contributed by atoms with Crippen LogP contribution in [0.15, 0.2) is 0 Å². The van der Waals surface area contributed by atoms with E-state index in [2.05, 4.69) is 32.6 Å². The fraction of sp³-hybridized carbons (Fsp3) is 0.944. The van der Waals surface area contributed by atoms with E-state index < -0.39 is 0 Å². The molecule has 0 aliphatic rings. The first kappa shape index (κ1) is 40.9. The van der Waals surface area contributed by atoms with Crippen LogP contribution in [0.3, 0.4) is 0 Å². The van der Waals surface area contributed by atoms with Crippen LogP contribution in [0.1, 0.15) is 169 Å². The Labute approximate surface area is 261 Å². The zero-order valence-electron chi connectivity index (χ0n) is 28.5. The topological polar surface area (TPSA) is 76.1 Å². The second-order valence-electron chi connectivity index (χ2n) is 12.4. The van der Waals surface area contributed by atoms with Crippen molar-refractivity contribution in [1.29, 1.82) is 0 Å². The van der Waals surface area contributed by atoms with Crippen LogP contribution in [0.4, 0.5) is 0 Å². The molecule has 42 heavy (non-hydrogen) atoms. The van der Waals surface area contributed by atoms with E-state index in [0.717, 1.165) is 116 Å². The van der Waals surface area contributed by atoms with Crippen LogP contribution in [0, 0.1) is 11.8 Å². The SMILES string of the molecule is CCCCCCC(CCCC)C(=O)OCCCCCCN(CCO)CCCCOC(=O)C(CCCC)CCCCCC. The summed E-state index contributed by atoms with van der Waals surface area (Å²) in [5.74, 6) is 0.161. The highest BCUT2D eigenvalue weighted by Crippen LogP contribution is 2.20. The lowest BCUT2D eigenvalue weighted by atomic mass is 9.95. The van der Waals surface area contributed by atoms with Crippen LogP contribution >= 0.6 is 0 Å². The molecule has 1 N–H and O–H groups in total. The highest BCUT2D eigenvalue weighted by atomic mass is 16.5. The summed E-state index contributed by atoms with van der Waals surface area (Å²) in [7, 11) is 0. The molecule has 0 bridgehead atoms. The molecule has 0 aromatic rings. The van der Waals surface area contributed by atoms with Gasteiger partial charge in [0.15, 0.2) is 0 Å². The van der Waals surface area contributed by atoms with Gasteiger partial charge in [-0.3, -0.25) is 9.59 Å². The lowest BCUT2D eigenvalue weighted by Crippen LogP contribution is -2.29. The summed E-state index contributed by atoms with van der Waals surface area (Å²) >= 11 is 0. The predicted octanol–water partition coefficient (Wildman–Crippen LogP) is 9.26. The van der Waals surface area contributed by atoms with E-state index in [0.29, 0.717) is 19.8 Å². The van der Waals surface area contributed by atoms with Crippen LogP contribution in [0.25, 0.3) is 0 Å². The molecule has 2 atom stereocenters. The minimum Gasteiger partial charge on any atom is -0.465 e. The largest absolute Gasteiger partial charge is 0.465 e. The Morgan fingerprint density at radius 1 is 0.500 bits per heavy atom. The van der Waals surface area contributed by atoms with Gasteiger partial charge in [0.1, 0.15) is 0 Å². The number of aliphatic hydroxyl groups excluding tert-OH is 1. The number of nitrogens with zero attached hydrogens (tertiary/aromatic N) is 1. The zero-order valence-corrected chi connectivity index (χ0v) is 28.5. The third-order valence-electron chi connectivity index (χ3n) is 8.43. The predicted molar refractivity (Wildman–Crippen MR) is 177 cm³/mol. The molecular formula is C36H71NO5. The molecule has 250 valence electrons. The number of esters is 2. The van der Waals surface area contributed by atoms with E-state index >= 15 is 0 Å². The van der Waals surface area contributed by atoms with Gasteiger partial charge < -0.3 is 19.5 Å². The molecule has 0 radical (unpaired) electrons. The molecule has 0 amide bonds. The van der Waals surface area contributed by atoms with Crippen molar-refractivity contribution in [3.8, 4) is 0 Å². The van der Waals surface area contributed by atoms with Crippen LogP contribution in [0.5, 0.6) is 0 Å². The quantitative estimate of drug-likeness (QED) is 0.0615. The van der Waals surface area contributed by atoms with Gasteiger partial charge in [0.05, 0.1) is 31.7 Å². The molecule has 0 aliphatic carbocycles. The molecule has 0 saturated carbocycles. The van der Waals surface area contributed by atoms with Gasteiger partial charge in [-0.2, -0.15) is 0 Å². The van der Waals surface area contributed by atoms with Gasteiger partial charge in [-0.1, -0.05) is 118 Å². The normalized spacial score (nSPS) is 12.9. The number of carbonyl (C=O) groups is 2. The first-order chi connectivity index (χ1) is 20.5. The summed E-state index contributed by atoms with van der Waals surface area (Å²) in [6.07, 6.45) is 23.9. The van der Waals surface area contributed by atoms with Gasteiger partial charge in [0.25, 0.3) is 0 Å². The summed E-state index contributed by atoms with van der Waals surface area (Å²) < 4.78 is 11.3. The van der Waals surface area contributed by atoms with Gasteiger partial charge in [0.2, 0.25) is 0 Å². The molecular weight excluding hydrogens is 526 g/mol. The highest BCUT2D eigenvalue weighted by molar-refractivity contribution is 5.72. The maximum Gasteiger partial charge on any atom is 0.308 e. The number of ether oxygens (including phenoxy) is 2. The summed E-state index contributed by atoms with van der Waals surface area (Å²) in [4.78, 5) is 27.6. The molecule has 0 aromatic heterocycles. The average molecular weight is 598 g/mol. The van der Waals surface area contributed by atoms with Crippen molar-refractivity contribution in [3.63, 3.8) is 0 Å². The molecule has 6 heteroatoms. The van der Waals surface area contributed by atoms with E-state index in [4.69, 9.17) is 9.47 Å². The fourth-order valence-electron chi connectivity index (χ4n) is 5.58. The molecule has 0 aromatic carbocycles. The lowest BCUT2D eigenvalue weighted by molar-refractivity contribution is -0.150. The first-order valence-electron chi connectivity index (χ1n) is 18.2. The second kappa shape index (κ2) is 31.3. The van der Waals surface area contributed by atoms with Crippen LogP contribution < -0.4 is 0 Å². The van der Waals surface area contributed by atoms with Crippen LogP contribution in [0.2, 0.25) is 0 Å². The molecule has 0 rings (SSSR count). The summed E-state index contributed by atoms with van der Waals surface area (Å²) in [6, 6.07) is 0. The molecule has 2 unspecified atom stereocenters. The van der Waals surface area contributed by atoms with Gasteiger partial charge >= 0.3 is 11.9 Å². The Bertz CT molecular complexity index is 599. The number of hydrogen-bond donors (Lipinski definition) is 1. The Balaban J connectivity index is 4.12. The van der Waals surface area contributed by atoms with E-state index in [9.17, 15) is 14.7 Å². The molecule has 0 aliphatic heterocycles. The standard InChI is InChI=1S/C36H71NO5/c1-5-9-13-17-25-33(23-11-7-3)35(39)41-31-21-16-15-19-27-37(29-30-38)28-20-22-32-42-36(40)34(24-12-8-4)26-18-14-10-6-2/h33-34,38H,5-32H2,1-4H3. The van der Waals surface area contributed by atoms with Crippen molar-refractivity contribution >= 4 is 11.9 Å². The van der Waals surface area contributed by atoms with Gasteiger partial charge in [-0.15, -0.1) is 0 Å². The van der Waals surface area contributed by atoms with E-state index in [-0.39, 0.29) is 30.4 Å². The van der Waals surface area contributed by atoms with Crippen molar-refractivity contribution in [2.45, 2.75) is 169 Å². The smallest absolute Gasteiger partial charge is 0.308 e. The summed E-state index contributed by atoms with van der Waals surface area (Å²) in [5, 5.41) is 9.49. The Kier molecular flexibility index (Phi) is 30.4. The molecule has 0 spiro atoms. The van der Waals surface area contributed by atoms with Crippen molar-refractivity contribution in [2.24, 2.45) is 11.8 Å². The van der Waals surface area contributed by atoms with Gasteiger partial charge in [-0.25, -0.2) is 0 Å². The molecule has 6 nitrogen and oxygen atoms in total. The molecule has 0 saturated heterocycles. The number of carbonyl (C=O) groups excluding carboxylic acids is 2. The number of aliphatic hydroxyl groups is 1. The number of hydrogen-bond acceptors (Lipinski definition) is 6. The summed E-state index contributed by atoms with van der Waals surface area (Å²) in [5.41, 5.74) is 0. The van der Waals surface area contributed by atoms with E-state index in [1.165, 1.54) is 38.5 Å². The van der Waals surface area contributed by atoms with Crippen LogP contribution in [-0.2, 0) is 19.1 Å². The van der Waals surface area contributed by atoms with E-state index in [1.54, 1.807) is 0 Å². The van der Waals surface area contributed by atoms with Crippen LogP contribution in [-0.4, -0.2) is 61.4 Å². The van der Waals surface area contributed by atoms with Gasteiger partial charge in [0, 0.05) is 6.54 Å². The van der Waals surface area contributed by atoms with Crippen molar-refractivity contribution < 1.29 is 24.2 Å². The molecule has 0 heterocycles. The first-order valence-corrected chi connectivity index (χ1v) is 18.2. The molecule has 0 fully saturated rings. The number of unbranched alkanes of at least 4 members (excludes halogenated alkanes) is 12. The minimum absolute atomic E-state index is 0.00120. The Hall–Kier alpha value is -1.14. The average Bonchev–Trinajstić information content (AvgIpc) is 2.99. The third kappa shape index (κ3) is 24.3. The maximum atomic E-state index is 12.6. The second-order valence-corrected chi connectivity index (χ2v) is 12.4. The Morgan fingerprint density at radius 2 is 0.881 bits per heavy atom. The third-order valence-corrected chi connectivity index (χ3v) is 8.43. The number of rotatable bonds is 32. The monoisotopic (exact) mass is 598 g/mol. The maximum absolute atomic E-state index is 12.6. The lowest BCUT2D eigenvalue weighted by Gasteiger charge is -2.21. The zero-order chi connectivity index (χ0) is 31.1.